The number of allylic oxidation sites excluding steroid dienone is 2. The fraction of sp³-hybridized carbons (Fsp3) is 0.526. The molecule has 0 bridgehead atoms. The summed E-state index contributed by atoms with van der Waals surface area (Å²) >= 11 is 12.3. The number of pyridine rings is 1. The Labute approximate surface area is 930 Å². The Balaban J connectivity index is 0.000000180. The summed E-state index contributed by atoms with van der Waals surface area (Å²) in [5.41, 5.74) is 4.15. The van der Waals surface area contributed by atoms with Gasteiger partial charge in [0, 0.05) is 148 Å². The lowest BCUT2D eigenvalue weighted by Gasteiger charge is -2.43. The smallest absolute Gasteiger partial charge is 0.495 e. The van der Waals surface area contributed by atoms with Crippen molar-refractivity contribution in [2.45, 2.75) is 310 Å². The van der Waals surface area contributed by atoms with Crippen molar-refractivity contribution < 1.29 is 131 Å². The van der Waals surface area contributed by atoms with Gasteiger partial charge in [-0.05, 0) is 304 Å². The molecule has 0 saturated carbocycles. The zero-order valence-corrected chi connectivity index (χ0v) is 99.4. The first-order valence-corrected chi connectivity index (χ1v) is 55.3. The minimum absolute atomic E-state index is 0. The maximum Gasteiger partial charge on any atom is 0.495 e. The average Bonchev–Trinajstić information content (AvgIpc) is 1.56. The Hall–Kier alpha value is -8.98. The topological polar surface area (TPSA) is 298 Å². The summed E-state index contributed by atoms with van der Waals surface area (Å²) in [5.74, 6) is 3.06. The fourth-order valence-electron chi connectivity index (χ4n) is 18.1. The van der Waals surface area contributed by atoms with Gasteiger partial charge in [-0.25, -0.2) is 14.4 Å². The third kappa shape index (κ3) is 33.5. The van der Waals surface area contributed by atoms with Gasteiger partial charge in [0.15, 0.2) is 12.0 Å². The number of hydrogen-bond donors (Lipinski definition) is 2. The standard InChI is InChI=1S/C24H34BNO5.C19H25NO6S.C19H25NO3.C14H17NO.C12H24B2O4.C12H16BrNO.C8H7BrO2.C6H7ClN.HI/c1-21(2,3)29-20(27)26-14-12-24(13-15-26)16-18(17-10-8-9-11-19(17)28-24)25-30-22(4,5)23(6,7)31-25;1-18(2,3)25-17(21)20-11-9-19(10-12-20)13-16(26-27(4,22)23)14-7-5-6-8-15(14)24-19;1-14-13-19(22-16-8-6-5-7-15(14)16)9-11-20(12-10-19)17(21)23-18(2,3)4;1-11-10-14(6-8-15-9-7-14)16-13-5-3-2-4-12(11)13;1-9(2)10(3,4)16-13(15-9)14-17-11(5,6)12(7,8)18-14;1-3-14(4-2)12(15)9-10-5-7-11(13)8-6-10;9-7-3-1-6(2-4-7)5-8(10)11;1-8-5-3-2-4-6(8)7;/h8-11,16H,12-15H2,1-7H3;5-8,13H,9-12H2,1-4H3;5-8,13H,9-12H2,1-4H3;2-5,10,15H,6-9H2,1H3;1-8H3;5-8H,3-4,9H2,1-2H3;1-4H,5H2,(H,10,11);2-5H,1H3;1H/q;;;;;;;+1;/p-1. The Kier molecular flexibility index (Phi) is 41.2. The number of likely N-dealkylation sites (tertiary alicyclic amines) is 3. The number of aliphatic carboxylic acids is 1. The van der Waals surface area contributed by atoms with E-state index < -0.39 is 76.4 Å². The molecule has 0 aliphatic carbocycles. The summed E-state index contributed by atoms with van der Waals surface area (Å²) in [7, 11) is -3.18. The van der Waals surface area contributed by atoms with Crippen LogP contribution in [0.5, 0.6) is 23.0 Å². The largest absolute Gasteiger partial charge is 1.00 e. The predicted octanol–water partition coefficient (Wildman–Crippen LogP) is 20.2. The van der Waals surface area contributed by atoms with E-state index in [1.165, 1.54) is 16.7 Å². The number of fused-ring (bicyclic) bond motifs is 4. The quantitative estimate of drug-likeness (QED) is 0.0321. The van der Waals surface area contributed by atoms with Crippen molar-refractivity contribution in [2.24, 2.45) is 7.05 Å². The number of halogens is 4. The summed E-state index contributed by atoms with van der Waals surface area (Å²) < 4.78 is 111. The van der Waals surface area contributed by atoms with Crippen molar-refractivity contribution in [1.82, 2.24) is 24.9 Å². The van der Waals surface area contributed by atoms with Crippen LogP contribution in [0.15, 0.2) is 203 Å². The molecule has 6 aromatic carbocycles. The Bertz CT molecular complexity index is 5950. The number of para-hydroxylation sites is 4. The molecule has 28 nitrogen and oxygen atoms in total. The molecule has 0 atom stereocenters. The van der Waals surface area contributed by atoms with E-state index in [1.807, 2.05) is 257 Å². The zero-order valence-electron chi connectivity index (χ0n) is 92.5. The van der Waals surface area contributed by atoms with E-state index in [2.05, 4.69) is 127 Å². The van der Waals surface area contributed by atoms with Crippen molar-refractivity contribution in [1.29, 1.82) is 0 Å². The van der Waals surface area contributed by atoms with Crippen molar-refractivity contribution in [2.75, 3.05) is 71.7 Å². The molecule has 150 heavy (non-hydrogen) atoms. The fourth-order valence-corrected chi connectivity index (χ4v) is 19.2. The number of hydrogen-bond acceptors (Lipinski definition) is 22. The number of amides is 4. The second kappa shape index (κ2) is 50.3. The summed E-state index contributed by atoms with van der Waals surface area (Å²) in [6.45, 7) is 56.6. The lowest BCUT2D eigenvalue weighted by atomic mass is 9.49. The number of piperidine rings is 4. The highest BCUT2D eigenvalue weighted by Gasteiger charge is 2.64. The van der Waals surface area contributed by atoms with E-state index in [9.17, 15) is 32.4 Å². The van der Waals surface area contributed by atoms with Gasteiger partial charge in [0.05, 0.1) is 58.3 Å². The molecule has 12 heterocycles. The third-order valence-corrected chi connectivity index (χ3v) is 30.3. The molecule has 1 aromatic heterocycles. The number of aromatic nitrogens is 1. The van der Waals surface area contributed by atoms with Gasteiger partial charge in [-0.15, -0.1) is 0 Å². The second-order valence-corrected chi connectivity index (χ2v) is 49.2. The number of carbonyl (C=O) groups excluding carboxylic acids is 4. The van der Waals surface area contributed by atoms with Gasteiger partial charge in [0.2, 0.25) is 5.91 Å². The minimum Gasteiger partial charge on any atom is -1.00 e. The van der Waals surface area contributed by atoms with Crippen LogP contribution in [0.25, 0.3) is 22.4 Å². The van der Waals surface area contributed by atoms with Crippen molar-refractivity contribution >= 4 is 127 Å². The second-order valence-electron chi connectivity index (χ2n) is 45.4. The molecule has 4 amide bonds. The Morgan fingerprint density at radius 3 is 1.08 bits per heavy atom. The average molecular weight is 2350 g/mol. The van der Waals surface area contributed by atoms with Crippen LogP contribution in [-0.2, 0) is 85.9 Å². The highest BCUT2D eigenvalue weighted by atomic mass is 127. The van der Waals surface area contributed by atoms with E-state index >= 15 is 0 Å². The van der Waals surface area contributed by atoms with E-state index in [4.69, 9.17) is 82.0 Å². The lowest BCUT2D eigenvalue weighted by Crippen LogP contribution is -3.00. The summed E-state index contributed by atoms with van der Waals surface area (Å²) in [6, 6.07) is 52.5. The number of ether oxygens (including phenoxy) is 7. The highest BCUT2D eigenvalue weighted by Crippen LogP contribution is 2.50. The molecule has 11 aliphatic heterocycles. The normalized spacial score (nSPS) is 19.7. The maximum atomic E-state index is 12.5. The van der Waals surface area contributed by atoms with Crippen LogP contribution < -0.4 is 52.8 Å². The summed E-state index contributed by atoms with van der Waals surface area (Å²) in [6.07, 6.45) is 17.2. The van der Waals surface area contributed by atoms with Gasteiger partial charge in [0.25, 0.3) is 5.15 Å². The van der Waals surface area contributed by atoms with Crippen LogP contribution in [0.3, 0.4) is 0 Å². The van der Waals surface area contributed by atoms with Gasteiger partial charge in [0.1, 0.15) is 69.3 Å². The molecule has 0 unspecified atom stereocenters. The Morgan fingerprint density at radius 2 is 0.747 bits per heavy atom. The number of likely N-dealkylation sites (N-methyl/N-ethyl adjacent to an activating group) is 1. The molecule has 18 rings (SSSR count). The number of rotatable bonds is 10. The summed E-state index contributed by atoms with van der Waals surface area (Å²) in [4.78, 5) is 66.0. The van der Waals surface area contributed by atoms with Crippen LogP contribution in [0.1, 0.15) is 258 Å². The predicted molar refractivity (Wildman–Crippen MR) is 594 cm³/mol. The monoisotopic (exact) mass is 2340 g/mol. The number of nitrogens with zero attached hydrogens (tertiary/aromatic N) is 5. The van der Waals surface area contributed by atoms with Crippen LogP contribution in [0.2, 0.25) is 5.15 Å². The minimum atomic E-state index is -3.67. The van der Waals surface area contributed by atoms with Crippen LogP contribution in [0.4, 0.5) is 14.4 Å². The first kappa shape index (κ1) is 123. The van der Waals surface area contributed by atoms with E-state index in [1.54, 1.807) is 51.1 Å². The molecule has 36 heteroatoms. The van der Waals surface area contributed by atoms with E-state index in [0.717, 1.165) is 117 Å². The zero-order chi connectivity index (χ0) is 110. The molecule has 2 N–H and O–H groups in total. The molecular weight excluding hydrogens is 2190 g/mol. The molecule has 0 radical (unpaired) electrons. The highest BCUT2D eigenvalue weighted by molar-refractivity contribution is 9.10. The lowest BCUT2D eigenvalue weighted by molar-refractivity contribution is -0.669. The molecule has 7 fully saturated rings. The van der Waals surface area contributed by atoms with Gasteiger partial charge in [-0.3, -0.25) is 9.59 Å². The van der Waals surface area contributed by atoms with Gasteiger partial charge < -0.3 is 119 Å². The van der Waals surface area contributed by atoms with Gasteiger partial charge >= 0.3 is 55.5 Å². The number of aryl methyl sites for hydroxylation is 1. The molecule has 816 valence electrons. The number of carbonyl (C=O) groups is 5. The number of carboxylic acid groups (broad SMARTS) is 1. The van der Waals surface area contributed by atoms with Crippen LogP contribution in [-0.4, -0.2) is 229 Å². The van der Waals surface area contributed by atoms with Crippen molar-refractivity contribution in [3.05, 3.63) is 242 Å². The molecule has 11 aliphatic rings. The third-order valence-electron chi connectivity index (χ3n) is 28.4. The first-order chi connectivity index (χ1) is 69.4. The molecule has 4 spiro atoms. The number of nitrogens with one attached hydrogen (secondary N) is 1. The molecular formula is C114H155B3Br2ClIN6O22S. The summed E-state index contributed by atoms with van der Waals surface area (Å²) in [5, 5.41) is 12.6. The van der Waals surface area contributed by atoms with Gasteiger partial charge in [-0.1, -0.05) is 123 Å². The van der Waals surface area contributed by atoms with Crippen LogP contribution in [0, 0.1) is 0 Å². The van der Waals surface area contributed by atoms with Crippen LogP contribution >= 0.6 is 43.5 Å². The van der Waals surface area contributed by atoms with Gasteiger partial charge in [-0.2, -0.15) is 13.0 Å². The Morgan fingerprint density at radius 1 is 0.440 bits per heavy atom. The molecule has 7 saturated heterocycles. The van der Waals surface area contributed by atoms with Crippen molar-refractivity contribution in [3.63, 3.8) is 0 Å². The van der Waals surface area contributed by atoms with E-state index in [-0.39, 0.29) is 93.9 Å². The van der Waals surface area contributed by atoms with Crippen molar-refractivity contribution in [3.8, 4) is 23.0 Å². The maximum absolute atomic E-state index is 12.5. The van der Waals surface area contributed by atoms with E-state index in [0.29, 0.717) is 82.7 Å². The number of benzene rings is 6. The number of carboxylic acids is 1. The SMILES string of the molecule is CC(C)(C)OC(=O)N1CCC2(C=C(B3OC(C)(C)C(C)(C)O3)c3ccccc3O2)CC1.CC(C)(C)OC(=O)N1CCC2(C=C(OS(C)(=O)=O)c3ccccc3O2)CC1.CC1(C)OB(B2OC(C)(C)C(C)(C)O2)OC1(C)C.CC1=CC2(CCN(C(=O)OC(C)(C)C)CC2)Oc2ccccc21.CC1=CC2(CCNCC2)Oc2ccccc21.CCN(CC)C(=O)Cc1ccc(Br)cc1.C[n+]1ccccc1Cl.O=C(O)Cc1ccc(Br)cc1.[I-]. The first-order valence-electron chi connectivity index (χ1n) is 51.6. The molecule has 7 aromatic rings.